The Balaban J connectivity index is 1.94. The number of rotatable bonds is 3. The van der Waals surface area contributed by atoms with Gasteiger partial charge in [0.25, 0.3) is 0 Å². The van der Waals surface area contributed by atoms with Gasteiger partial charge < -0.3 is 5.32 Å². The highest BCUT2D eigenvalue weighted by molar-refractivity contribution is 7.12. The zero-order chi connectivity index (χ0) is 13.8. The van der Waals surface area contributed by atoms with Crippen molar-refractivity contribution in [2.75, 3.05) is 26.2 Å². The van der Waals surface area contributed by atoms with E-state index in [9.17, 15) is 0 Å². The number of hydrogen-bond donors (Lipinski definition) is 1. The summed E-state index contributed by atoms with van der Waals surface area (Å²) in [5, 5.41) is 3.48. The van der Waals surface area contributed by atoms with E-state index < -0.39 is 0 Å². The van der Waals surface area contributed by atoms with Crippen molar-refractivity contribution in [3.8, 4) is 0 Å². The first-order valence-electron chi connectivity index (χ1n) is 7.26. The van der Waals surface area contributed by atoms with Crippen LogP contribution < -0.4 is 5.32 Å². The van der Waals surface area contributed by atoms with Gasteiger partial charge in [0.15, 0.2) is 0 Å². The Bertz CT molecular complexity index is 530. The quantitative estimate of drug-likeness (QED) is 0.941. The summed E-state index contributed by atoms with van der Waals surface area (Å²) in [4.78, 5) is 9.95. The third kappa shape index (κ3) is 3.08. The maximum atomic E-state index is 4.62. The summed E-state index contributed by atoms with van der Waals surface area (Å²) < 4.78 is 0. The van der Waals surface area contributed by atoms with Crippen LogP contribution in [0, 0.1) is 6.92 Å². The van der Waals surface area contributed by atoms with Crippen LogP contribution in [0.15, 0.2) is 36.5 Å². The molecule has 1 saturated heterocycles. The van der Waals surface area contributed by atoms with Gasteiger partial charge in [-0.2, -0.15) is 0 Å². The van der Waals surface area contributed by atoms with Crippen LogP contribution in [0.1, 0.15) is 27.9 Å². The summed E-state index contributed by atoms with van der Waals surface area (Å²) in [6.07, 6.45) is 3.10. The highest BCUT2D eigenvalue weighted by Crippen LogP contribution is 2.32. The molecule has 0 radical (unpaired) electrons. The number of hydrogen-bond acceptors (Lipinski definition) is 4. The van der Waals surface area contributed by atoms with Gasteiger partial charge in [-0.05, 0) is 44.2 Å². The lowest BCUT2D eigenvalue weighted by molar-refractivity contribution is 0.240. The van der Waals surface area contributed by atoms with Gasteiger partial charge in [0.2, 0.25) is 0 Å². The molecule has 1 unspecified atom stereocenters. The Kier molecular flexibility index (Phi) is 4.45. The molecule has 1 aliphatic heterocycles. The smallest absolute Gasteiger partial charge is 0.0870 e. The van der Waals surface area contributed by atoms with E-state index in [0.717, 1.165) is 31.9 Å². The lowest BCUT2D eigenvalue weighted by Crippen LogP contribution is -2.33. The maximum Gasteiger partial charge on any atom is 0.0870 e. The molecule has 0 aliphatic carbocycles. The van der Waals surface area contributed by atoms with Crippen molar-refractivity contribution in [2.45, 2.75) is 19.4 Å². The van der Waals surface area contributed by atoms with E-state index in [2.05, 4.69) is 46.4 Å². The fourth-order valence-electron chi connectivity index (χ4n) is 2.78. The molecule has 20 heavy (non-hydrogen) atoms. The fraction of sp³-hybridized carbons (Fsp3) is 0.438. The molecular formula is C16H21N3S. The molecule has 0 amide bonds. The van der Waals surface area contributed by atoms with E-state index in [4.69, 9.17) is 0 Å². The average Bonchev–Trinajstić information content (AvgIpc) is 2.74. The molecule has 0 spiro atoms. The minimum absolute atomic E-state index is 0.301. The van der Waals surface area contributed by atoms with Crippen molar-refractivity contribution in [1.82, 2.24) is 15.2 Å². The van der Waals surface area contributed by atoms with Crippen LogP contribution in [0.5, 0.6) is 0 Å². The van der Waals surface area contributed by atoms with Crippen molar-refractivity contribution in [2.24, 2.45) is 0 Å². The number of pyridine rings is 1. The first-order valence-corrected chi connectivity index (χ1v) is 8.08. The minimum Gasteiger partial charge on any atom is -0.315 e. The third-order valence-corrected chi connectivity index (χ3v) is 4.79. The lowest BCUT2D eigenvalue weighted by Gasteiger charge is -2.29. The Hall–Kier alpha value is -1.23. The first-order chi connectivity index (χ1) is 9.84. The molecule has 0 bridgehead atoms. The summed E-state index contributed by atoms with van der Waals surface area (Å²) in [5.74, 6) is 0. The second kappa shape index (κ2) is 6.48. The zero-order valence-electron chi connectivity index (χ0n) is 11.9. The van der Waals surface area contributed by atoms with E-state index in [-0.39, 0.29) is 0 Å². The zero-order valence-corrected chi connectivity index (χ0v) is 12.7. The molecule has 1 atom stereocenters. The highest BCUT2D eigenvalue weighted by atomic mass is 32.1. The largest absolute Gasteiger partial charge is 0.315 e. The van der Waals surface area contributed by atoms with Gasteiger partial charge in [-0.25, -0.2) is 0 Å². The van der Waals surface area contributed by atoms with E-state index in [1.54, 1.807) is 0 Å². The average molecular weight is 287 g/mol. The number of aryl methyl sites for hydroxylation is 1. The number of nitrogens with zero attached hydrogens (tertiary/aromatic N) is 2. The molecule has 0 saturated carbocycles. The molecule has 3 nitrogen and oxygen atoms in total. The first kappa shape index (κ1) is 13.7. The molecular weight excluding hydrogens is 266 g/mol. The lowest BCUT2D eigenvalue weighted by atomic mass is 10.1. The summed E-state index contributed by atoms with van der Waals surface area (Å²) in [7, 11) is 0. The van der Waals surface area contributed by atoms with Gasteiger partial charge in [0.05, 0.1) is 11.7 Å². The molecule has 2 aromatic heterocycles. The van der Waals surface area contributed by atoms with Crippen LogP contribution in [0.4, 0.5) is 0 Å². The second-order valence-electron chi connectivity index (χ2n) is 5.25. The Morgan fingerprint density at radius 3 is 2.90 bits per heavy atom. The molecule has 1 N–H and O–H groups in total. The Morgan fingerprint density at radius 2 is 2.15 bits per heavy atom. The monoisotopic (exact) mass is 287 g/mol. The molecule has 3 rings (SSSR count). The predicted molar refractivity (Wildman–Crippen MR) is 84.2 cm³/mol. The molecule has 106 valence electrons. The Labute approximate surface area is 124 Å². The molecule has 0 aromatic carbocycles. The topological polar surface area (TPSA) is 28.2 Å². The predicted octanol–water partition coefficient (Wildman–Crippen LogP) is 2.84. The fourth-order valence-corrected chi connectivity index (χ4v) is 3.80. The Morgan fingerprint density at radius 1 is 1.20 bits per heavy atom. The minimum atomic E-state index is 0.301. The summed E-state index contributed by atoms with van der Waals surface area (Å²) >= 11 is 1.89. The number of aromatic nitrogens is 1. The van der Waals surface area contributed by atoms with Gasteiger partial charge in [-0.3, -0.25) is 9.88 Å². The van der Waals surface area contributed by atoms with Gasteiger partial charge in [0.1, 0.15) is 0 Å². The third-order valence-electron chi connectivity index (χ3n) is 3.74. The molecule has 1 fully saturated rings. The van der Waals surface area contributed by atoms with E-state index in [1.807, 2.05) is 23.6 Å². The molecule has 1 aliphatic rings. The molecule has 3 heterocycles. The normalized spacial score (nSPS) is 18.6. The van der Waals surface area contributed by atoms with E-state index in [0.29, 0.717) is 6.04 Å². The second-order valence-corrected chi connectivity index (χ2v) is 6.56. The summed E-state index contributed by atoms with van der Waals surface area (Å²) in [5.41, 5.74) is 1.16. The van der Waals surface area contributed by atoms with Crippen LogP contribution in [-0.4, -0.2) is 36.1 Å². The maximum absolute atomic E-state index is 4.62. The van der Waals surface area contributed by atoms with Gasteiger partial charge >= 0.3 is 0 Å². The standard InChI is InChI=1S/C16H21N3S/c1-13-6-7-15(20-13)16(14-5-2-3-9-18-14)19-11-4-8-17-10-12-19/h2-3,5-7,9,16-17H,4,8,10-12H2,1H3. The van der Waals surface area contributed by atoms with Crippen LogP contribution >= 0.6 is 11.3 Å². The number of thiophene rings is 1. The van der Waals surface area contributed by atoms with Crippen LogP contribution in [0.3, 0.4) is 0 Å². The van der Waals surface area contributed by atoms with E-state index in [1.165, 1.54) is 16.2 Å². The van der Waals surface area contributed by atoms with Crippen LogP contribution in [0.2, 0.25) is 0 Å². The molecule has 2 aromatic rings. The van der Waals surface area contributed by atoms with Crippen molar-refractivity contribution >= 4 is 11.3 Å². The van der Waals surface area contributed by atoms with Gasteiger partial charge in [0, 0.05) is 35.6 Å². The highest BCUT2D eigenvalue weighted by Gasteiger charge is 2.25. The van der Waals surface area contributed by atoms with E-state index >= 15 is 0 Å². The van der Waals surface area contributed by atoms with Gasteiger partial charge in [-0.1, -0.05) is 6.07 Å². The van der Waals surface area contributed by atoms with Crippen molar-refractivity contribution in [3.05, 3.63) is 52.0 Å². The van der Waals surface area contributed by atoms with Crippen molar-refractivity contribution in [3.63, 3.8) is 0 Å². The van der Waals surface area contributed by atoms with Gasteiger partial charge in [-0.15, -0.1) is 11.3 Å². The SMILES string of the molecule is Cc1ccc(C(c2ccccn2)N2CCCNCC2)s1. The van der Waals surface area contributed by atoms with Crippen LogP contribution in [-0.2, 0) is 0 Å². The van der Waals surface area contributed by atoms with Crippen molar-refractivity contribution < 1.29 is 0 Å². The van der Waals surface area contributed by atoms with Crippen LogP contribution in [0.25, 0.3) is 0 Å². The summed E-state index contributed by atoms with van der Waals surface area (Å²) in [6.45, 7) is 6.57. The number of nitrogens with one attached hydrogen (secondary N) is 1. The summed E-state index contributed by atoms with van der Waals surface area (Å²) in [6, 6.07) is 11.0. The molecule has 4 heteroatoms. The van der Waals surface area contributed by atoms with Crippen molar-refractivity contribution in [1.29, 1.82) is 0 Å².